The van der Waals surface area contributed by atoms with Gasteiger partial charge in [0, 0.05) is 29.8 Å². The SMILES string of the molecule is CCCCN(CC)Cc1cccn1-c1nc(C)cc(C)n1. The fraction of sp³-hybridized carbons (Fsp3) is 0.529. The van der Waals surface area contributed by atoms with Gasteiger partial charge in [-0.15, -0.1) is 0 Å². The molecular formula is C17H26N4. The molecule has 0 aliphatic heterocycles. The van der Waals surface area contributed by atoms with Gasteiger partial charge >= 0.3 is 0 Å². The second-order valence-corrected chi connectivity index (χ2v) is 5.54. The van der Waals surface area contributed by atoms with Crippen LogP contribution in [0.4, 0.5) is 0 Å². The minimum absolute atomic E-state index is 0.777. The van der Waals surface area contributed by atoms with Gasteiger partial charge < -0.3 is 0 Å². The first-order valence-corrected chi connectivity index (χ1v) is 7.85. The Morgan fingerprint density at radius 3 is 2.48 bits per heavy atom. The van der Waals surface area contributed by atoms with E-state index in [0.29, 0.717) is 0 Å². The van der Waals surface area contributed by atoms with Gasteiger partial charge in [0.1, 0.15) is 0 Å². The Balaban J connectivity index is 2.21. The number of hydrogen-bond acceptors (Lipinski definition) is 3. The highest BCUT2D eigenvalue weighted by Crippen LogP contribution is 2.13. The van der Waals surface area contributed by atoms with Gasteiger partial charge in [-0.2, -0.15) is 0 Å². The molecule has 0 aromatic carbocycles. The molecule has 114 valence electrons. The lowest BCUT2D eigenvalue weighted by Gasteiger charge is -2.21. The third-order valence-electron chi connectivity index (χ3n) is 3.68. The molecule has 0 bridgehead atoms. The Hall–Kier alpha value is -1.68. The van der Waals surface area contributed by atoms with Crippen molar-refractivity contribution in [3.63, 3.8) is 0 Å². The van der Waals surface area contributed by atoms with Gasteiger partial charge in [0.25, 0.3) is 0 Å². The Labute approximate surface area is 127 Å². The number of rotatable bonds is 7. The Bertz CT molecular complexity index is 554. The predicted octanol–water partition coefficient (Wildman–Crippen LogP) is 3.51. The summed E-state index contributed by atoms with van der Waals surface area (Å²) in [6, 6.07) is 6.24. The maximum absolute atomic E-state index is 4.57. The molecule has 0 spiro atoms. The van der Waals surface area contributed by atoms with Crippen molar-refractivity contribution >= 4 is 0 Å². The number of nitrogens with zero attached hydrogens (tertiary/aromatic N) is 4. The normalized spacial score (nSPS) is 11.3. The third kappa shape index (κ3) is 4.14. The zero-order chi connectivity index (χ0) is 15.2. The molecule has 0 aliphatic rings. The van der Waals surface area contributed by atoms with Crippen molar-refractivity contribution in [3.05, 3.63) is 41.5 Å². The highest BCUT2D eigenvalue weighted by atomic mass is 15.2. The molecule has 21 heavy (non-hydrogen) atoms. The molecule has 0 N–H and O–H groups in total. The van der Waals surface area contributed by atoms with Crippen molar-refractivity contribution in [2.75, 3.05) is 13.1 Å². The van der Waals surface area contributed by atoms with Gasteiger partial charge in [0.15, 0.2) is 0 Å². The van der Waals surface area contributed by atoms with Crippen LogP contribution in [0.25, 0.3) is 5.95 Å². The average Bonchev–Trinajstić information content (AvgIpc) is 2.90. The van der Waals surface area contributed by atoms with Crippen molar-refractivity contribution in [3.8, 4) is 5.95 Å². The summed E-state index contributed by atoms with van der Waals surface area (Å²) in [5, 5.41) is 0. The Morgan fingerprint density at radius 2 is 1.86 bits per heavy atom. The molecule has 0 radical (unpaired) electrons. The van der Waals surface area contributed by atoms with Gasteiger partial charge in [-0.25, -0.2) is 9.97 Å². The highest BCUT2D eigenvalue weighted by Gasteiger charge is 2.10. The van der Waals surface area contributed by atoms with Crippen LogP contribution in [0.3, 0.4) is 0 Å². The molecule has 0 atom stereocenters. The van der Waals surface area contributed by atoms with Crippen LogP contribution in [0.1, 0.15) is 43.8 Å². The van der Waals surface area contributed by atoms with Crippen molar-refractivity contribution in [2.45, 2.75) is 47.1 Å². The second kappa shape index (κ2) is 7.36. The van der Waals surface area contributed by atoms with Crippen molar-refractivity contribution in [1.82, 2.24) is 19.4 Å². The lowest BCUT2D eigenvalue weighted by atomic mass is 10.3. The summed E-state index contributed by atoms with van der Waals surface area (Å²) in [4.78, 5) is 11.6. The number of hydrogen-bond donors (Lipinski definition) is 0. The zero-order valence-corrected chi connectivity index (χ0v) is 13.6. The van der Waals surface area contributed by atoms with Crippen LogP contribution >= 0.6 is 0 Å². The van der Waals surface area contributed by atoms with Crippen LogP contribution in [0, 0.1) is 13.8 Å². The molecule has 0 saturated carbocycles. The lowest BCUT2D eigenvalue weighted by Crippen LogP contribution is -2.25. The molecule has 0 unspecified atom stereocenters. The van der Waals surface area contributed by atoms with E-state index >= 15 is 0 Å². The van der Waals surface area contributed by atoms with Gasteiger partial charge in [-0.3, -0.25) is 9.47 Å². The predicted molar refractivity (Wildman–Crippen MR) is 86.7 cm³/mol. The van der Waals surface area contributed by atoms with Crippen LogP contribution < -0.4 is 0 Å². The van der Waals surface area contributed by atoms with E-state index in [1.165, 1.54) is 18.5 Å². The van der Waals surface area contributed by atoms with E-state index in [9.17, 15) is 0 Å². The molecule has 0 amide bonds. The lowest BCUT2D eigenvalue weighted by molar-refractivity contribution is 0.270. The highest BCUT2D eigenvalue weighted by molar-refractivity contribution is 5.24. The van der Waals surface area contributed by atoms with Crippen LogP contribution in [0.5, 0.6) is 0 Å². The van der Waals surface area contributed by atoms with Gasteiger partial charge in [-0.05, 0) is 51.6 Å². The summed E-state index contributed by atoms with van der Waals surface area (Å²) in [5.41, 5.74) is 3.27. The first kappa shape index (κ1) is 15.7. The molecule has 0 saturated heterocycles. The van der Waals surface area contributed by atoms with Crippen molar-refractivity contribution in [2.24, 2.45) is 0 Å². The van der Waals surface area contributed by atoms with E-state index in [-0.39, 0.29) is 0 Å². The molecule has 2 aromatic rings. The van der Waals surface area contributed by atoms with Crippen LogP contribution in [0.2, 0.25) is 0 Å². The van der Waals surface area contributed by atoms with Gasteiger partial charge in [0.05, 0.1) is 0 Å². The van der Waals surface area contributed by atoms with E-state index in [1.54, 1.807) is 0 Å². The van der Waals surface area contributed by atoms with Crippen LogP contribution in [-0.4, -0.2) is 32.5 Å². The van der Waals surface area contributed by atoms with Crippen LogP contribution in [-0.2, 0) is 6.54 Å². The summed E-state index contributed by atoms with van der Waals surface area (Å²) in [6.45, 7) is 11.6. The van der Waals surface area contributed by atoms with E-state index in [1.807, 2.05) is 19.9 Å². The van der Waals surface area contributed by atoms with E-state index in [0.717, 1.165) is 37.0 Å². The monoisotopic (exact) mass is 286 g/mol. The van der Waals surface area contributed by atoms with E-state index < -0.39 is 0 Å². The molecule has 0 aliphatic carbocycles. The smallest absolute Gasteiger partial charge is 0.234 e. The molecule has 4 heteroatoms. The van der Waals surface area contributed by atoms with Gasteiger partial charge in [-0.1, -0.05) is 20.3 Å². The molecule has 0 fully saturated rings. The van der Waals surface area contributed by atoms with Crippen molar-refractivity contribution in [1.29, 1.82) is 0 Å². The summed E-state index contributed by atoms with van der Waals surface area (Å²) in [7, 11) is 0. The molecule has 2 heterocycles. The maximum Gasteiger partial charge on any atom is 0.234 e. The molecule has 4 nitrogen and oxygen atoms in total. The zero-order valence-electron chi connectivity index (χ0n) is 13.6. The first-order valence-electron chi connectivity index (χ1n) is 7.85. The second-order valence-electron chi connectivity index (χ2n) is 5.54. The molecular weight excluding hydrogens is 260 g/mol. The van der Waals surface area contributed by atoms with E-state index in [4.69, 9.17) is 0 Å². The average molecular weight is 286 g/mol. The minimum atomic E-state index is 0.777. The Kier molecular flexibility index (Phi) is 5.51. The van der Waals surface area contributed by atoms with Gasteiger partial charge in [0.2, 0.25) is 5.95 Å². The van der Waals surface area contributed by atoms with Crippen LogP contribution in [0.15, 0.2) is 24.4 Å². The standard InChI is InChI=1S/C17H26N4/c1-5-7-10-20(6-2)13-16-9-8-11-21(16)17-18-14(3)12-15(4)19-17/h8-9,11-12H,5-7,10,13H2,1-4H3. The molecule has 2 rings (SSSR count). The quantitative estimate of drug-likeness (QED) is 0.781. The van der Waals surface area contributed by atoms with Crippen molar-refractivity contribution < 1.29 is 0 Å². The third-order valence-corrected chi connectivity index (χ3v) is 3.68. The summed E-state index contributed by atoms with van der Waals surface area (Å²) >= 11 is 0. The van der Waals surface area contributed by atoms with E-state index in [2.05, 4.69) is 51.6 Å². The molecule has 2 aromatic heterocycles. The topological polar surface area (TPSA) is 34.0 Å². The Morgan fingerprint density at radius 1 is 1.14 bits per heavy atom. The summed E-state index contributed by atoms with van der Waals surface area (Å²) in [6.07, 6.45) is 4.53. The number of aryl methyl sites for hydroxylation is 2. The number of unbranched alkanes of at least 4 members (excludes halogenated alkanes) is 1. The fourth-order valence-corrected chi connectivity index (χ4v) is 2.52. The largest absolute Gasteiger partial charge is 0.298 e. The summed E-state index contributed by atoms with van der Waals surface area (Å²) in [5.74, 6) is 0.777. The maximum atomic E-state index is 4.57. The fourth-order valence-electron chi connectivity index (χ4n) is 2.52. The first-order chi connectivity index (χ1) is 10.1. The number of aromatic nitrogens is 3. The minimum Gasteiger partial charge on any atom is -0.298 e. The summed E-state index contributed by atoms with van der Waals surface area (Å²) < 4.78 is 2.11.